The summed E-state index contributed by atoms with van der Waals surface area (Å²) in [6.07, 6.45) is 3.44. The number of imide groups is 1. The molecule has 14 nitrogen and oxygen atoms in total. The molecule has 2 aromatic carbocycles. The van der Waals surface area contributed by atoms with E-state index in [9.17, 15) is 33.1 Å². The van der Waals surface area contributed by atoms with Gasteiger partial charge in [-0.15, -0.1) is 10.2 Å². The molecule has 0 aliphatic carbocycles. The molecule has 1 aromatic heterocycles. The van der Waals surface area contributed by atoms with Crippen LogP contribution in [0, 0.1) is 28.9 Å². The lowest BCUT2D eigenvalue weighted by atomic mass is 9.72. The van der Waals surface area contributed by atoms with Crippen LogP contribution in [0.3, 0.4) is 0 Å². The van der Waals surface area contributed by atoms with Gasteiger partial charge >= 0.3 is 0 Å². The van der Waals surface area contributed by atoms with Crippen LogP contribution in [0.15, 0.2) is 36.4 Å². The number of amides is 4. The maximum Gasteiger partial charge on any atom is 0.255 e. The van der Waals surface area contributed by atoms with Gasteiger partial charge in [0.2, 0.25) is 17.7 Å². The van der Waals surface area contributed by atoms with Crippen LogP contribution in [0.5, 0.6) is 5.75 Å². The normalized spacial score (nSPS) is 24.9. The number of halogens is 2. The van der Waals surface area contributed by atoms with E-state index in [1.54, 1.807) is 11.0 Å². The fourth-order valence-electron chi connectivity index (χ4n) is 10.2. The third kappa shape index (κ3) is 6.98. The third-order valence-corrected chi connectivity index (χ3v) is 13.3. The van der Waals surface area contributed by atoms with Crippen molar-refractivity contribution in [3.8, 4) is 17.0 Å². The van der Waals surface area contributed by atoms with Crippen LogP contribution in [-0.2, 0) is 20.9 Å². The minimum Gasteiger partial charge on any atom is -0.504 e. The number of nitrogens with one attached hydrogen (secondary N) is 2. The Bertz CT molecular complexity index is 2180. The summed E-state index contributed by atoms with van der Waals surface area (Å²) in [6.45, 7) is 11.5. The molecule has 6 aliphatic heterocycles. The lowest BCUT2D eigenvalue weighted by Crippen LogP contribution is -2.61. The zero-order chi connectivity index (χ0) is 40.5. The van der Waals surface area contributed by atoms with Crippen molar-refractivity contribution in [1.82, 2.24) is 30.2 Å². The monoisotopic (exact) mass is 797 g/mol. The number of carbonyl (C=O) groups excluding carboxylic acids is 4. The number of aromatic hydroxyl groups is 1. The van der Waals surface area contributed by atoms with Gasteiger partial charge in [0.25, 0.3) is 5.91 Å². The Kier molecular flexibility index (Phi) is 9.72. The average molecular weight is 798 g/mol. The van der Waals surface area contributed by atoms with Crippen molar-refractivity contribution in [1.29, 1.82) is 0 Å². The van der Waals surface area contributed by atoms with Crippen molar-refractivity contribution in [3.05, 3.63) is 59.2 Å². The number of phenolic OH excluding ortho intramolecular Hbond substituents is 1. The molecular weight excluding hydrogens is 749 g/mol. The summed E-state index contributed by atoms with van der Waals surface area (Å²) in [5.74, 6) is -2.25. The molecule has 0 bridgehead atoms. The maximum absolute atomic E-state index is 14.2. The van der Waals surface area contributed by atoms with Crippen molar-refractivity contribution in [3.63, 3.8) is 0 Å². The summed E-state index contributed by atoms with van der Waals surface area (Å²) in [5, 5.41) is 24.3. The maximum atomic E-state index is 14.2. The summed E-state index contributed by atoms with van der Waals surface area (Å²) in [6, 6.07) is 8.74. The summed E-state index contributed by atoms with van der Waals surface area (Å²) in [7, 11) is 0. The van der Waals surface area contributed by atoms with E-state index in [4.69, 9.17) is 0 Å². The van der Waals surface area contributed by atoms with Crippen LogP contribution < -0.4 is 20.4 Å². The van der Waals surface area contributed by atoms with Crippen molar-refractivity contribution >= 4 is 40.8 Å². The van der Waals surface area contributed by atoms with Crippen LogP contribution >= 0.6 is 0 Å². The molecule has 2 unspecified atom stereocenters. The Balaban J connectivity index is 0.773. The quantitative estimate of drug-likeness (QED) is 0.314. The van der Waals surface area contributed by atoms with Gasteiger partial charge in [0.15, 0.2) is 17.4 Å². The van der Waals surface area contributed by atoms with Gasteiger partial charge in [-0.05, 0) is 73.4 Å². The van der Waals surface area contributed by atoms with Crippen LogP contribution in [0.2, 0.25) is 0 Å². The van der Waals surface area contributed by atoms with E-state index in [0.717, 1.165) is 75.0 Å². The number of likely N-dealkylation sites (tertiary alicyclic amines) is 1. The summed E-state index contributed by atoms with van der Waals surface area (Å²) in [5.41, 5.74) is 3.16. The number of piperazine rings is 1. The molecule has 9 rings (SSSR count). The predicted molar refractivity (Wildman–Crippen MR) is 211 cm³/mol. The minimum absolute atomic E-state index is 0.0287. The molecule has 3 aromatic rings. The molecular formula is C42H49F2N9O5. The topological polar surface area (TPSA) is 155 Å². The van der Waals surface area contributed by atoms with Crippen LogP contribution in [0.1, 0.15) is 61.9 Å². The summed E-state index contributed by atoms with van der Waals surface area (Å²) >= 11 is 0. The Morgan fingerprint density at radius 2 is 1.74 bits per heavy atom. The van der Waals surface area contributed by atoms with E-state index in [-0.39, 0.29) is 52.8 Å². The molecule has 306 valence electrons. The summed E-state index contributed by atoms with van der Waals surface area (Å²) < 4.78 is 28.2. The molecule has 6 aliphatic rings. The highest BCUT2D eigenvalue weighted by Crippen LogP contribution is 2.41. The molecule has 4 fully saturated rings. The number of piperidine rings is 3. The Labute approximate surface area is 335 Å². The highest BCUT2D eigenvalue weighted by molar-refractivity contribution is 6.05. The van der Waals surface area contributed by atoms with Gasteiger partial charge in [-0.2, -0.15) is 0 Å². The van der Waals surface area contributed by atoms with E-state index in [2.05, 4.69) is 55.4 Å². The van der Waals surface area contributed by atoms with Gasteiger partial charge in [0, 0.05) is 94.1 Å². The number of benzene rings is 2. The lowest BCUT2D eigenvalue weighted by molar-refractivity contribution is -0.143. The number of hydrogen-bond acceptors (Lipinski definition) is 11. The van der Waals surface area contributed by atoms with Gasteiger partial charge in [-0.25, -0.2) is 8.78 Å². The molecule has 3 atom stereocenters. The largest absolute Gasteiger partial charge is 0.504 e. The van der Waals surface area contributed by atoms with Gasteiger partial charge < -0.3 is 34.9 Å². The molecule has 0 radical (unpaired) electrons. The molecule has 0 saturated carbocycles. The molecule has 4 saturated heterocycles. The second-order valence-corrected chi connectivity index (χ2v) is 17.5. The minimum atomic E-state index is -1.07. The van der Waals surface area contributed by atoms with Gasteiger partial charge in [0.05, 0.1) is 17.4 Å². The van der Waals surface area contributed by atoms with E-state index in [1.807, 2.05) is 17.0 Å². The smallest absolute Gasteiger partial charge is 0.255 e. The van der Waals surface area contributed by atoms with E-state index < -0.39 is 29.3 Å². The van der Waals surface area contributed by atoms with Crippen molar-refractivity contribution in [2.45, 2.75) is 64.6 Å². The Morgan fingerprint density at radius 3 is 2.52 bits per heavy atom. The average Bonchev–Trinajstić information content (AvgIpc) is 3.53. The number of anilines is 3. The van der Waals surface area contributed by atoms with Crippen molar-refractivity contribution in [2.75, 3.05) is 74.0 Å². The summed E-state index contributed by atoms with van der Waals surface area (Å²) in [4.78, 5) is 62.3. The first-order valence-corrected chi connectivity index (χ1v) is 20.4. The highest BCUT2D eigenvalue weighted by Gasteiger charge is 2.45. The van der Waals surface area contributed by atoms with E-state index in [1.165, 1.54) is 0 Å². The SMILES string of the molecule is CC1(C)CN(CC2CCN(c3ccc4c(c3)C(=O)N(C3CCC(=O)NC3=O)C4)CC2)CCC1C(=O)N1CCN2c3cc(-c4cc(F)cc(F)c4O)nnc3NC[C@H]2C1. The van der Waals surface area contributed by atoms with Crippen molar-refractivity contribution < 1.29 is 33.1 Å². The fraction of sp³-hybridized carbons (Fsp3) is 0.524. The van der Waals surface area contributed by atoms with E-state index >= 15 is 0 Å². The number of carbonyl (C=O) groups is 4. The lowest BCUT2D eigenvalue weighted by Gasteiger charge is -2.49. The number of hydrogen-bond donors (Lipinski definition) is 3. The van der Waals surface area contributed by atoms with E-state index in [0.29, 0.717) is 62.5 Å². The van der Waals surface area contributed by atoms with Crippen LogP contribution in [-0.4, -0.2) is 125 Å². The number of fused-ring (bicyclic) bond motifs is 4. The van der Waals surface area contributed by atoms with Crippen LogP contribution in [0.4, 0.5) is 26.0 Å². The fourth-order valence-corrected chi connectivity index (χ4v) is 10.2. The number of rotatable bonds is 6. The number of nitrogens with zero attached hydrogens (tertiary/aromatic N) is 7. The number of phenols is 1. The molecule has 0 spiro atoms. The highest BCUT2D eigenvalue weighted by atomic mass is 19.1. The van der Waals surface area contributed by atoms with Gasteiger partial charge in [-0.3, -0.25) is 24.5 Å². The third-order valence-electron chi connectivity index (χ3n) is 13.3. The predicted octanol–water partition coefficient (Wildman–Crippen LogP) is 3.60. The first-order chi connectivity index (χ1) is 27.8. The molecule has 58 heavy (non-hydrogen) atoms. The zero-order valence-electron chi connectivity index (χ0n) is 32.8. The second-order valence-electron chi connectivity index (χ2n) is 17.5. The Morgan fingerprint density at radius 1 is 0.931 bits per heavy atom. The first kappa shape index (κ1) is 38.2. The zero-order valence-corrected chi connectivity index (χ0v) is 32.8. The molecule has 16 heteroatoms. The van der Waals surface area contributed by atoms with Gasteiger partial charge in [-0.1, -0.05) is 19.9 Å². The van der Waals surface area contributed by atoms with Crippen LogP contribution in [0.25, 0.3) is 11.3 Å². The van der Waals surface area contributed by atoms with Gasteiger partial charge in [0.1, 0.15) is 11.9 Å². The second kappa shape index (κ2) is 14.8. The molecule has 7 heterocycles. The standard InChI is InChI=1S/C42H49F2N9O5/c1-42(2)23-49(20-24-7-11-50(12-8-24)27-4-3-25-21-53(40(57)29(25)17-27)34-5-6-36(54)46-39(34)56)10-9-31(42)41(58)51-13-14-52-28(22-51)19-45-38-35(52)18-33(47-48-38)30-15-26(43)16-32(44)37(30)55/h3-4,15-18,24,28,31,34,55H,5-14,19-23H2,1-2H3,(H,45,48)(H,46,54,56)/t28-,31?,34?/m0/s1. The first-order valence-electron chi connectivity index (χ1n) is 20.4. The van der Waals surface area contributed by atoms with Crippen molar-refractivity contribution in [2.24, 2.45) is 17.3 Å². The Hall–Kier alpha value is -5.38. The molecule has 4 amide bonds. The number of aromatic nitrogens is 2. The molecule has 3 N–H and O–H groups in total.